The zero-order chi connectivity index (χ0) is 16.9. The van der Waals surface area contributed by atoms with Crippen molar-refractivity contribution in [2.45, 2.75) is 20.8 Å². The van der Waals surface area contributed by atoms with Crippen LogP contribution in [0, 0.1) is 5.41 Å². The van der Waals surface area contributed by atoms with E-state index in [0.29, 0.717) is 22.3 Å². The number of anilines is 1. The number of nitrogens with zero attached hydrogens (tertiary/aromatic N) is 1. The standard InChI is InChI=1S/C15H21Cl2N3O2.ClH/c1-4-20(14(22)15(2,3)9-18)8-12(21)19-13-10(16)6-5-7-11(13)17;/h5-7H,4,8-9,18H2,1-3H3,(H,19,21);1H. The lowest BCUT2D eigenvalue weighted by molar-refractivity contribution is -0.142. The molecule has 1 aromatic rings. The highest BCUT2D eigenvalue weighted by Gasteiger charge is 2.31. The molecule has 8 heteroatoms. The fraction of sp³-hybridized carbons (Fsp3) is 0.467. The van der Waals surface area contributed by atoms with Crippen molar-refractivity contribution in [3.05, 3.63) is 28.2 Å². The molecule has 1 aromatic carbocycles. The zero-order valence-electron chi connectivity index (χ0n) is 13.4. The minimum atomic E-state index is -0.710. The Morgan fingerprint density at radius 1 is 1.26 bits per heavy atom. The number of amides is 2. The summed E-state index contributed by atoms with van der Waals surface area (Å²) in [6, 6.07) is 4.94. The van der Waals surface area contributed by atoms with E-state index in [0.717, 1.165) is 0 Å². The smallest absolute Gasteiger partial charge is 0.244 e. The molecule has 3 N–H and O–H groups in total. The highest BCUT2D eigenvalue weighted by Crippen LogP contribution is 2.29. The van der Waals surface area contributed by atoms with Gasteiger partial charge in [-0.15, -0.1) is 12.4 Å². The van der Waals surface area contributed by atoms with Gasteiger partial charge < -0.3 is 16.0 Å². The van der Waals surface area contributed by atoms with Crippen molar-refractivity contribution in [3.8, 4) is 0 Å². The maximum absolute atomic E-state index is 12.4. The third-order valence-electron chi connectivity index (χ3n) is 3.32. The molecule has 0 atom stereocenters. The number of benzene rings is 1. The van der Waals surface area contributed by atoms with Gasteiger partial charge in [0, 0.05) is 13.1 Å². The van der Waals surface area contributed by atoms with E-state index in [2.05, 4.69) is 5.32 Å². The summed E-state index contributed by atoms with van der Waals surface area (Å²) in [5.41, 5.74) is 5.25. The van der Waals surface area contributed by atoms with Crippen LogP contribution in [-0.2, 0) is 9.59 Å². The predicted molar refractivity (Wildman–Crippen MR) is 97.4 cm³/mol. The van der Waals surface area contributed by atoms with Gasteiger partial charge in [0.15, 0.2) is 0 Å². The lowest BCUT2D eigenvalue weighted by Crippen LogP contribution is -2.47. The molecule has 2 amide bonds. The maximum Gasteiger partial charge on any atom is 0.244 e. The topological polar surface area (TPSA) is 75.4 Å². The molecule has 130 valence electrons. The summed E-state index contributed by atoms with van der Waals surface area (Å²) >= 11 is 12.0. The SMILES string of the molecule is CCN(CC(=O)Nc1c(Cl)cccc1Cl)C(=O)C(C)(C)CN.Cl. The number of para-hydroxylation sites is 1. The van der Waals surface area contributed by atoms with Crippen molar-refractivity contribution in [2.24, 2.45) is 11.1 Å². The third-order valence-corrected chi connectivity index (χ3v) is 3.95. The number of carbonyl (C=O) groups excluding carboxylic acids is 2. The van der Waals surface area contributed by atoms with E-state index in [1.807, 2.05) is 0 Å². The van der Waals surface area contributed by atoms with E-state index in [9.17, 15) is 9.59 Å². The predicted octanol–water partition coefficient (Wildman–Crippen LogP) is 3.19. The van der Waals surface area contributed by atoms with Crippen molar-refractivity contribution in [1.29, 1.82) is 0 Å². The Morgan fingerprint density at radius 2 is 1.78 bits per heavy atom. The summed E-state index contributed by atoms with van der Waals surface area (Å²) in [5, 5.41) is 3.33. The second-order valence-electron chi connectivity index (χ2n) is 5.55. The second kappa shape index (κ2) is 9.33. The van der Waals surface area contributed by atoms with Crippen molar-refractivity contribution in [2.75, 3.05) is 25.0 Å². The average molecular weight is 383 g/mol. The molecule has 0 spiro atoms. The fourth-order valence-corrected chi connectivity index (χ4v) is 2.30. The number of likely N-dealkylation sites (N-methyl/N-ethyl adjacent to an activating group) is 1. The van der Waals surface area contributed by atoms with E-state index in [1.54, 1.807) is 39.0 Å². The Bertz CT molecular complexity index is 545. The molecule has 1 rings (SSSR count). The van der Waals surface area contributed by atoms with Crippen LogP contribution >= 0.6 is 35.6 Å². The summed E-state index contributed by atoms with van der Waals surface area (Å²) in [5.74, 6) is -0.532. The van der Waals surface area contributed by atoms with Gasteiger partial charge in [0.1, 0.15) is 0 Å². The van der Waals surface area contributed by atoms with E-state index in [-0.39, 0.29) is 37.3 Å². The van der Waals surface area contributed by atoms with E-state index >= 15 is 0 Å². The maximum atomic E-state index is 12.4. The van der Waals surface area contributed by atoms with Crippen LogP contribution in [0.1, 0.15) is 20.8 Å². The van der Waals surface area contributed by atoms with E-state index in [4.69, 9.17) is 28.9 Å². The van der Waals surface area contributed by atoms with Crippen molar-refractivity contribution < 1.29 is 9.59 Å². The van der Waals surface area contributed by atoms with Crippen LogP contribution in [-0.4, -0.2) is 36.3 Å². The number of hydrogen-bond donors (Lipinski definition) is 2. The summed E-state index contributed by atoms with van der Waals surface area (Å²) in [4.78, 5) is 26.0. The molecule has 0 unspecified atom stereocenters. The van der Waals surface area contributed by atoms with Gasteiger partial charge in [-0.2, -0.15) is 0 Å². The quantitative estimate of drug-likeness (QED) is 0.793. The molecule has 0 saturated heterocycles. The normalized spacial score (nSPS) is 10.7. The molecule has 23 heavy (non-hydrogen) atoms. The minimum Gasteiger partial charge on any atom is -0.333 e. The molecule has 0 radical (unpaired) electrons. The lowest BCUT2D eigenvalue weighted by atomic mass is 9.92. The summed E-state index contributed by atoms with van der Waals surface area (Å²) in [6.45, 7) is 5.84. The Hall–Kier alpha value is -1.01. The highest BCUT2D eigenvalue weighted by atomic mass is 35.5. The molecule has 0 saturated carbocycles. The molecule has 0 aliphatic carbocycles. The van der Waals surface area contributed by atoms with Crippen LogP contribution in [0.2, 0.25) is 10.0 Å². The Balaban J connectivity index is 0.00000484. The third kappa shape index (κ3) is 5.84. The first-order chi connectivity index (χ1) is 10.2. The molecule has 0 aliphatic rings. The summed E-state index contributed by atoms with van der Waals surface area (Å²) in [7, 11) is 0. The molecular formula is C15H22Cl3N3O2. The number of carbonyl (C=O) groups is 2. The zero-order valence-corrected chi connectivity index (χ0v) is 15.7. The van der Waals surface area contributed by atoms with Gasteiger partial charge in [-0.1, -0.05) is 29.3 Å². The fourth-order valence-electron chi connectivity index (χ4n) is 1.81. The van der Waals surface area contributed by atoms with Gasteiger partial charge in [-0.3, -0.25) is 9.59 Å². The first kappa shape index (κ1) is 22.0. The van der Waals surface area contributed by atoms with Crippen molar-refractivity contribution >= 4 is 53.1 Å². The molecule has 0 aromatic heterocycles. The number of nitrogens with two attached hydrogens (primary N) is 1. The summed E-state index contributed by atoms with van der Waals surface area (Å²) < 4.78 is 0. The van der Waals surface area contributed by atoms with E-state index < -0.39 is 5.41 Å². The van der Waals surface area contributed by atoms with Gasteiger partial charge in [0.2, 0.25) is 11.8 Å². The minimum absolute atomic E-state index is 0. The van der Waals surface area contributed by atoms with Crippen LogP contribution in [0.3, 0.4) is 0 Å². The van der Waals surface area contributed by atoms with Crippen molar-refractivity contribution in [1.82, 2.24) is 4.90 Å². The molecule has 0 bridgehead atoms. The van der Waals surface area contributed by atoms with Crippen LogP contribution in [0.5, 0.6) is 0 Å². The number of hydrogen-bond acceptors (Lipinski definition) is 3. The number of rotatable bonds is 6. The second-order valence-corrected chi connectivity index (χ2v) is 6.37. The molecule has 0 fully saturated rings. The number of halogens is 3. The van der Waals surface area contributed by atoms with Gasteiger partial charge in [-0.25, -0.2) is 0 Å². The Morgan fingerprint density at radius 3 is 2.22 bits per heavy atom. The monoisotopic (exact) mass is 381 g/mol. The average Bonchev–Trinajstić information content (AvgIpc) is 2.48. The number of nitrogens with one attached hydrogen (secondary N) is 1. The molecule has 5 nitrogen and oxygen atoms in total. The van der Waals surface area contributed by atoms with Gasteiger partial charge >= 0.3 is 0 Å². The van der Waals surface area contributed by atoms with Gasteiger partial charge in [0.05, 0.1) is 27.7 Å². The summed E-state index contributed by atoms with van der Waals surface area (Å²) in [6.07, 6.45) is 0. The van der Waals surface area contributed by atoms with Crippen LogP contribution in [0.4, 0.5) is 5.69 Å². The first-order valence-corrected chi connectivity index (χ1v) is 7.71. The van der Waals surface area contributed by atoms with Crippen LogP contribution in [0.15, 0.2) is 18.2 Å². The largest absolute Gasteiger partial charge is 0.333 e. The van der Waals surface area contributed by atoms with Crippen molar-refractivity contribution in [3.63, 3.8) is 0 Å². The van der Waals surface area contributed by atoms with Crippen LogP contribution < -0.4 is 11.1 Å². The van der Waals surface area contributed by atoms with E-state index in [1.165, 1.54) is 4.90 Å². The Kier molecular flexibility index (Phi) is 8.92. The first-order valence-electron chi connectivity index (χ1n) is 6.96. The van der Waals surface area contributed by atoms with Crippen LogP contribution in [0.25, 0.3) is 0 Å². The lowest BCUT2D eigenvalue weighted by Gasteiger charge is -2.29. The molecular weight excluding hydrogens is 361 g/mol. The highest BCUT2D eigenvalue weighted by molar-refractivity contribution is 6.39. The van der Waals surface area contributed by atoms with Gasteiger partial charge in [-0.05, 0) is 32.9 Å². The van der Waals surface area contributed by atoms with Gasteiger partial charge in [0.25, 0.3) is 0 Å². The Labute approximate surface area is 152 Å². The molecule has 0 heterocycles. The molecule has 0 aliphatic heterocycles.